The van der Waals surface area contributed by atoms with Crippen LogP contribution in [0.5, 0.6) is 0 Å². The molecule has 0 aromatic carbocycles. The third kappa shape index (κ3) is 10.2. The number of methoxy groups -OCH3 is 3. The fraction of sp³-hybridized carbons (Fsp3) is 0.812. The summed E-state index contributed by atoms with van der Waals surface area (Å²) in [6.07, 6.45) is 5.44. The summed E-state index contributed by atoms with van der Waals surface area (Å²) in [6.45, 7) is 13.9. The number of thioether (sulfide) groups is 1. The molecule has 362 valence electrons. The number of carbonyl (C=O) groups is 1. The second-order valence-corrected chi connectivity index (χ2v) is 20.4. The van der Waals surface area contributed by atoms with Crippen LogP contribution in [0.1, 0.15) is 87.0 Å². The Bertz CT molecular complexity index is 1740. The number of rotatable bonds is 9. The lowest BCUT2D eigenvalue weighted by molar-refractivity contribution is -0.347. The molecule has 21 atom stereocenters. The summed E-state index contributed by atoms with van der Waals surface area (Å²) in [5.41, 5.74) is 0.505. The van der Waals surface area contributed by atoms with Crippen molar-refractivity contribution in [1.29, 1.82) is 0 Å². The Balaban J connectivity index is 1.20. The van der Waals surface area contributed by atoms with Crippen LogP contribution in [0.25, 0.3) is 0 Å². The topological polar surface area (TPSA) is 179 Å². The smallest absolute Gasteiger partial charge is 0.316 e. The predicted molar refractivity (Wildman–Crippen MR) is 237 cm³/mol. The van der Waals surface area contributed by atoms with Crippen LogP contribution in [0.4, 0.5) is 0 Å². The van der Waals surface area contributed by atoms with E-state index in [0.717, 1.165) is 11.1 Å². The molecule has 0 saturated carbocycles. The summed E-state index contributed by atoms with van der Waals surface area (Å²) >= 11 is 1.67. The molecule has 16 heteroatoms. The van der Waals surface area contributed by atoms with Crippen molar-refractivity contribution in [1.82, 2.24) is 0 Å². The molecule has 6 aliphatic heterocycles. The van der Waals surface area contributed by atoms with Gasteiger partial charge in [-0.3, -0.25) is 4.79 Å². The van der Waals surface area contributed by atoms with Gasteiger partial charge in [0.05, 0.1) is 55.4 Å². The molecule has 1 aliphatic carbocycles. The maximum absolute atomic E-state index is 14.5. The standard InChI is InChI=1S/C48H74O15S/c1-24-13-12-14-31-23-56-45-42(55-10)26(3)17-34(48(31,45)52)46(51)59-33-18-32(62-47(21-33)22-35(49)27(4)43(63-47)30(7)64-11)16-15-25(2)41(24)60-39-20-37(54-9)44(29(6)58-39)61-38-19-36(53-8)40(50)28(5)57-38/h12-15,17,24,27-30,32-45,49-50,52H,16,18-23H2,1-11H3/b13-12-,25-15-,31-14?/t24-,27-,28-,29-,30?,32+,33-,34-,35?,36-,37-,38-,39-,40-,41-,42+,43?,44-,45+,47-,48+/m0/s1. The first-order valence-electron chi connectivity index (χ1n) is 23.2. The molecule has 0 aromatic heterocycles. The second-order valence-electron chi connectivity index (χ2n) is 19.2. The monoisotopic (exact) mass is 922 g/mol. The van der Waals surface area contributed by atoms with Crippen LogP contribution in [0.15, 0.2) is 47.1 Å². The van der Waals surface area contributed by atoms with Crippen LogP contribution in [0.2, 0.25) is 0 Å². The molecule has 0 aromatic rings. The zero-order valence-electron chi connectivity index (χ0n) is 39.5. The number of ether oxygens (including phenoxy) is 11. The number of allylic oxidation sites excluding steroid dienone is 2. The summed E-state index contributed by atoms with van der Waals surface area (Å²) in [4.78, 5) is 14.5. The zero-order chi connectivity index (χ0) is 46.2. The molecule has 5 saturated heterocycles. The number of hydrogen-bond acceptors (Lipinski definition) is 16. The van der Waals surface area contributed by atoms with Crippen molar-refractivity contribution in [2.45, 2.75) is 196 Å². The molecule has 7 aliphatic rings. The highest BCUT2D eigenvalue weighted by Gasteiger charge is 2.61. The maximum atomic E-state index is 14.5. The maximum Gasteiger partial charge on any atom is 0.316 e. The van der Waals surface area contributed by atoms with Gasteiger partial charge in [0.2, 0.25) is 0 Å². The van der Waals surface area contributed by atoms with Gasteiger partial charge in [0, 0.05) is 70.5 Å². The Morgan fingerprint density at radius 3 is 2.27 bits per heavy atom. The van der Waals surface area contributed by atoms with Crippen LogP contribution in [0, 0.1) is 17.8 Å². The van der Waals surface area contributed by atoms with Crippen LogP contribution < -0.4 is 0 Å². The summed E-state index contributed by atoms with van der Waals surface area (Å²) in [5.74, 6) is -3.17. The van der Waals surface area contributed by atoms with Gasteiger partial charge in [-0.15, -0.1) is 0 Å². The lowest BCUT2D eigenvalue weighted by atomic mass is 9.70. The van der Waals surface area contributed by atoms with E-state index in [0.29, 0.717) is 31.3 Å². The van der Waals surface area contributed by atoms with Crippen molar-refractivity contribution in [3.05, 3.63) is 47.1 Å². The Morgan fingerprint density at radius 1 is 0.859 bits per heavy atom. The number of esters is 1. The van der Waals surface area contributed by atoms with E-state index in [1.165, 1.54) is 0 Å². The minimum absolute atomic E-state index is 0.0698. The van der Waals surface area contributed by atoms with Crippen LogP contribution >= 0.6 is 11.8 Å². The SMILES string of the molecule is CO[C@H]1C[C@H](O[C@H]2[C@H](C)O[C@@H](O[C@@H]3/C(C)=C\C[C@@H]4C[C@@H](C[C@]5(CC(O)[C@H](C)C(C(C)SC)O5)O4)OC(=O)[C@@H]4C=C(C)[C@@H](OC)[C@H]5OCC(=C/C=C\[C@@H]3C)[C@]54O)C[C@@H]2OC)O[C@@H](C)[C@@H]1O. The molecule has 3 unspecified atom stereocenters. The first-order chi connectivity index (χ1) is 30.4. The molecule has 15 nitrogen and oxygen atoms in total. The van der Waals surface area contributed by atoms with E-state index in [-0.39, 0.29) is 42.6 Å². The van der Waals surface area contributed by atoms with Crippen molar-refractivity contribution >= 4 is 17.7 Å². The fourth-order valence-electron chi connectivity index (χ4n) is 11.1. The average Bonchev–Trinajstić information content (AvgIpc) is 3.59. The number of fused-ring (bicyclic) bond motifs is 2. The Labute approximate surface area is 383 Å². The first-order valence-corrected chi connectivity index (χ1v) is 24.5. The molecule has 64 heavy (non-hydrogen) atoms. The van der Waals surface area contributed by atoms with Gasteiger partial charge in [-0.1, -0.05) is 51.2 Å². The molecule has 6 heterocycles. The largest absolute Gasteiger partial charge is 0.462 e. The van der Waals surface area contributed by atoms with Crippen LogP contribution in [0.3, 0.4) is 0 Å². The van der Waals surface area contributed by atoms with Crippen molar-refractivity contribution in [3.63, 3.8) is 0 Å². The van der Waals surface area contributed by atoms with Crippen molar-refractivity contribution in [2.75, 3.05) is 34.2 Å². The average molecular weight is 923 g/mol. The van der Waals surface area contributed by atoms with E-state index in [2.05, 4.69) is 19.9 Å². The molecular formula is C48H74O15S. The highest BCUT2D eigenvalue weighted by atomic mass is 32.2. The van der Waals surface area contributed by atoms with E-state index >= 15 is 0 Å². The third-order valence-corrected chi connectivity index (χ3v) is 15.9. The Kier molecular flexibility index (Phi) is 16.3. The summed E-state index contributed by atoms with van der Waals surface area (Å²) in [7, 11) is 4.79. The Morgan fingerprint density at radius 2 is 1.56 bits per heavy atom. The summed E-state index contributed by atoms with van der Waals surface area (Å²) in [6, 6.07) is 0. The van der Waals surface area contributed by atoms with E-state index in [1.54, 1.807) is 46.1 Å². The van der Waals surface area contributed by atoms with E-state index in [9.17, 15) is 20.1 Å². The van der Waals surface area contributed by atoms with Gasteiger partial charge in [0.15, 0.2) is 18.4 Å². The van der Waals surface area contributed by atoms with E-state index < -0.39 is 109 Å². The number of aliphatic hydroxyl groups excluding tert-OH is 2. The molecule has 7 rings (SSSR count). The molecule has 0 radical (unpaired) electrons. The van der Waals surface area contributed by atoms with Crippen LogP contribution in [-0.4, -0.2) is 164 Å². The van der Waals surface area contributed by atoms with Crippen LogP contribution in [-0.2, 0) is 56.9 Å². The van der Waals surface area contributed by atoms with Crippen molar-refractivity contribution < 1.29 is 72.2 Å². The van der Waals surface area contributed by atoms with Crippen molar-refractivity contribution in [3.8, 4) is 0 Å². The van der Waals surface area contributed by atoms with Crippen molar-refractivity contribution in [2.24, 2.45) is 17.8 Å². The lowest BCUT2D eigenvalue weighted by Crippen LogP contribution is -2.60. The van der Waals surface area contributed by atoms with Gasteiger partial charge in [0.25, 0.3) is 0 Å². The zero-order valence-corrected chi connectivity index (χ0v) is 40.3. The predicted octanol–water partition coefficient (Wildman–Crippen LogP) is 4.93. The van der Waals surface area contributed by atoms with Gasteiger partial charge >= 0.3 is 5.97 Å². The van der Waals surface area contributed by atoms with Gasteiger partial charge < -0.3 is 67.4 Å². The highest BCUT2D eigenvalue weighted by Crippen LogP contribution is 2.48. The highest BCUT2D eigenvalue weighted by molar-refractivity contribution is 7.99. The molecule has 3 N–H and O–H groups in total. The van der Waals surface area contributed by atoms with Gasteiger partial charge in [0.1, 0.15) is 42.0 Å². The third-order valence-electron chi connectivity index (χ3n) is 14.9. The number of hydrogen-bond donors (Lipinski definition) is 3. The summed E-state index contributed by atoms with van der Waals surface area (Å²) < 4.78 is 69.9. The minimum Gasteiger partial charge on any atom is -0.462 e. The number of aliphatic hydroxyl groups is 3. The van der Waals surface area contributed by atoms with E-state index in [1.807, 2.05) is 52.2 Å². The molecule has 2 bridgehead atoms. The molecule has 5 fully saturated rings. The molecule has 0 amide bonds. The first kappa shape index (κ1) is 50.1. The lowest BCUT2D eigenvalue weighted by Gasteiger charge is -2.52. The Hall–Kier alpha value is -1.74. The summed E-state index contributed by atoms with van der Waals surface area (Å²) in [5, 5.41) is 34.8. The molecule has 1 spiro atoms. The molecular weight excluding hydrogens is 849 g/mol. The quantitative estimate of drug-likeness (QED) is 0.209. The van der Waals surface area contributed by atoms with Gasteiger partial charge in [-0.2, -0.15) is 11.8 Å². The van der Waals surface area contributed by atoms with E-state index in [4.69, 9.17) is 52.1 Å². The normalized spacial score (nSPS) is 48.6. The minimum atomic E-state index is -1.74. The fourth-order valence-corrected chi connectivity index (χ4v) is 11.6. The number of carbonyl (C=O) groups excluding carboxylic acids is 1. The second kappa shape index (κ2) is 20.9. The van der Waals surface area contributed by atoms with Gasteiger partial charge in [-0.05, 0) is 57.1 Å². The van der Waals surface area contributed by atoms with Gasteiger partial charge in [-0.25, -0.2) is 0 Å².